The molecule has 0 atom stereocenters. The number of alkyl halides is 3. The van der Waals surface area contributed by atoms with Crippen molar-refractivity contribution >= 4 is 21.0 Å². The van der Waals surface area contributed by atoms with Gasteiger partial charge in [0.1, 0.15) is 5.25 Å². The van der Waals surface area contributed by atoms with E-state index in [2.05, 4.69) is 12.5 Å². The Morgan fingerprint density at radius 3 is 1.65 bits per heavy atom. The molecule has 0 spiro atoms. The van der Waals surface area contributed by atoms with Crippen LogP contribution in [0.4, 0.5) is 13.2 Å². The van der Waals surface area contributed by atoms with Gasteiger partial charge in [-0.1, -0.05) is 6.42 Å². The highest BCUT2D eigenvalue weighted by atomic mass is 32.2. The molecule has 0 aromatic rings. The Bertz CT molecular complexity index is 306. The first-order valence-electron chi connectivity index (χ1n) is 5.14. The first kappa shape index (κ1) is 17.1. The van der Waals surface area contributed by atoms with Crippen LogP contribution in [0, 0.1) is 0 Å². The van der Waals surface area contributed by atoms with Gasteiger partial charge in [-0.3, -0.25) is 0 Å². The lowest BCUT2D eigenvalue weighted by atomic mass is 10.0. The maximum Gasteiger partial charge on any atom is 0.485 e. The van der Waals surface area contributed by atoms with E-state index in [-0.39, 0.29) is 0 Å². The number of rotatable bonds is 1. The molecule has 0 bridgehead atoms. The van der Waals surface area contributed by atoms with E-state index in [4.69, 9.17) is 13.0 Å². The van der Waals surface area contributed by atoms with Crippen LogP contribution in [0.25, 0.3) is 0 Å². The molecular formula is C9H17F3O3S2. The van der Waals surface area contributed by atoms with Gasteiger partial charge in [-0.15, -0.1) is 0 Å². The molecule has 1 aliphatic carbocycles. The summed E-state index contributed by atoms with van der Waals surface area (Å²) in [7, 11) is -5.39. The highest BCUT2D eigenvalue weighted by molar-refractivity contribution is 7.96. The van der Waals surface area contributed by atoms with Crippen molar-refractivity contribution in [1.29, 1.82) is 0 Å². The van der Waals surface area contributed by atoms with Crippen molar-refractivity contribution in [3.05, 3.63) is 0 Å². The van der Waals surface area contributed by atoms with Gasteiger partial charge in [0.05, 0.1) is 12.5 Å². The van der Waals surface area contributed by atoms with Crippen LogP contribution in [0.2, 0.25) is 0 Å². The van der Waals surface area contributed by atoms with Crippen LogP contribution >= 0.6 is 0 Å². The summed E-state index contributed by atoms with van der Waals surface area (Å²) in [5.41, 5.74) is -5.65. The summed E-state index contributed by atoms with van der Waals surface area (Å²) in [6.07, 6.45) is 12.3. The van der Waals surface area contributed by atoms with Crippen molar-refractivity contribution < 1.29 is 26.1 Å². The molecule has 0 amide bonds. The number of hydrogen-bond acceptors (Lipinski definition) is 3. The molecule has 8 heteroatoms. The van der Waals surface area contributed by atoms with E-state index in [0.29, 0.717) is 10.9 Å². The van der Waals surface area contributed by atoms with E-state index in [1.807, 2.05) is 0 Å². The summed E-state index contributed by atoms with van der Waals surface area (Å²) < 4.78 is 58.9. The quantitative estimate of drug-likeness (QED) is 0.423. The van der Waals surface area contributed by atoms with Gasteiger partial charge >= 0.3 is 5.51 Å². The van der Waals surface area contributed by atoms with Crippen molar-refractivity contribution in [2.75, 3.05) is 12.5 Å². The molecule has 1 fully saturated rings. The summed E-state index contributed by atoms with van der Waals surface area (Å²) in [5, 5.41) is 1.08. The predicted octanol–water partition coefficient (Wildman–Crippen LogP) is 2.25. The molecule has 3 nitrogen and oxygen atoms in total. The molecule has 17 heavy (non-hydrogen) atoms. The second-order valence-corrected chi connectivity index (χ2v) is 7.84. The molecule has 0 heterocycles. The van der Waals surface area contributed by atoms with Gasteiger partial charge in [-0.25, -0.2) is 8.42 Å². The molecule has 0 N–H and O–H groups in total. The van der Waals surface area contributed by atoms with Gasteiger partial charge < -0.3 is 4.55 Å². The Morgan fingerprint density at radius 1 is 1.12 bits per heavy atom. The van der Waals surface area contributed by atoms with Crippen LogP contribution in [0.3, 0.4) is 0 Å². The minimum Gasteiger partial charge on any atom is -0.741 e. The third-order valence-electron chi connectivity index (χ3n) is 2.50. The molecule has 0 aliphatic heterocycles. The summed E-state index contributed by atoms with van der Waals surface area (Å²) >= 11 is 0. The largest absolute Gasteiger partial charge is 0.741 e. The smallest absolute Gasteiger partial charge is 0.485 e. The van der Waals surface area contributed by atoms with E-state index < -0.39 is 15.6 Å². The molecular weight excluding hydrogens is 277 g/mol. The van der Waals surface area contributed by atoms with Crippen LogP contribution in [-0.2, 0) is 21.0 Å². The van der Waals surface area contributed by atoms with Crippen molar-refractivity contribution in [3.63, 3.8) is 0 Å². The first-order chi connectivity index (χ1) is 7.55. The molecule has 0 unspecified atom stereocenters. The molecule has 1 saturated carbocycles. The number of hydrogen-bond donors (Lipinski definition) is 0. The monoisotopic (exact) mass is 294 g/mol. The van der Waals surface area contributed by atoms with E-state index >= 15 is 0 Å². The summed E-state index contributed by atoms with van der Waals surface area (Å²) in [6.45, 7) is 0. The zero-order valence-corrected chi connectivity index (χ0v) is 11.4. The standard InChI is InChI=1S/C8H17S.CHF3O3S/c1-9(2)8-6-4-3-5-7-8;2-1(3,4)8(5,6)7/h8H,3-7H2,1-2H3;(H,5,6,7)/q+1;/p-1. The van der Waals surface area contributed by atoms with Gasteiger partial charge in [-0.05, 0) is 36.6 Å². The maximum atomic E-state index is 10.7. The highest BCUT2D eigenvalue weighted by Gasteiger charge is 2.36. The maximum absolute atomic E-state index is 10.7. The zero-order valence-electron chi connectivity index (χ0n) is 9.79. The van der Waals surface area contributed by atoms with E-state index in [1.165, 1.54) is 32.1 Å². The fourth-order valence-corrected chi connectivity index (χ4v) is 2.81. The van der Waals surface area contributed by atoms with Crippen molar-refractivity contribution in [3.8, 4) is 0 Å². The Kier molecular flexibility index (Phi) is 6.86. The third-order valence-corrected chi connectivity index (χ3v) is 4.87. The van der Waals surface area contributed by atoms with Crippen LogP contribution in [-0.4, -0.2) is 36.2 Å². The third kappa shape index (κ3) is 7.15. The lowest BCUT2D eigenvalue weighted by Crippen LogP contribution is -2.21. The Morgan fingerprint density at radius 2 is 1.47 bits per heavy atom. The first-order valence-corrected chi connectivity index (χ1v) is 8.65. The topological polar surface area (TPSA) is 57.2 Å². The molecule has 1 rings (SSSR count). The average Bonchev–Trinajstić information content (AvgIpc) is 2.17. The second kappa shape index (κ2) is 6.84. The number of halogens is 3. The minimum atomic E-state index is -6.09. The average molecular weight is 294 g/mol. The van der Waals surface area contributed by atoms with Gasteiger partial charge in [0.15, 0.2) is 10.1 Å². The van der Waals surface area contributed by atoms with Crippen LogP contribution in [0.1, 0.15) is 32.1 Å². The Hall–Kier alpha value is 0.0500. The van der Waals surface area contributed by atoms with Gasteiger partial charge in [0, 0.05) is 0 Å². The van der Waals surface area contributed by atoms with Gasteiger partial charge in [0.2, 0.25) is 0 Å². The Balaban J connectivity index is 0.000000304. The molecule has 0 aromatic heterocycles. The van der Waals surface area contributed by atoms with Crippen LogP contribution in [0.15, 0.2) is 0 Å². The van der Waals surface area contributed by atoms with E-state index in [9.17, 15) is 13.2 Å². The zero-order chi connectivity index (χ0) is 13.7. The molecule has 104 valence electrons. The van der Waals surface area contributed by atoms with Crippen LogP contribution in [0.5, 0.6) is 0 Å². The lowest BCUT2D eigenvalue weighted by molar-refractivity contribution is -0.0517. The summed E-state index contributed by atoms with van der Waals surface area (Å²) in [4.78, 5) is 0. The minimum absolute atomic E-state index is 0.698. The van der Waals surface area contributed by atoms with Crippen molar-refractivity contribution in [1.82, 2.24) is 0 Å². The van der Waals surface area contributed by atoms with E-state index in [0.717, 1.165) is 5.25 Å². The fraction of sp³-hybridized carbons (Fsp3) is 1.00. The predicted molar refractivity (Wildman–Crippen MR) is 61.8 cm³/mol. The SMILES string of the molecule is C[S+](C)C1CCCCC1.O=S(=O)([O-])C(F)(F)F. The summed E-state index contributed by atoms with van der Waals surface area (Å²) in [5.74, 6) is 0. The molecule has 0 saturated heterocycles. The lowest BCUT2D eigenvalue weighted by Gasteiger charge is -2.17. The normalized spacial score (nSPS) is 18.8. The fourth-order valence-electron chi connectivity index (χ4n) is 1.54. The van der Waals surface area contributed by atoms with Gasteiger partial charge in [-0.2, -0.15) is 13.2 Å². The van der Waals surface area contributed by atoms with Gasteiger partial charge in [0.25, 0.3) is 0 Å². The van der Waals surface area contributed by atoms with Crippen LogP contribution < -0.4 is 0 Å². The Labute approximate surface area is 103 Å². The molecule has 0 radical (unpaired) electrons. The van der Waals surface area contributed by atoms with E-state index in [1.54, 1.807) is 0 Å². The summed E-state index contributed by atoms with van der Waals surface area (Å²) in [6, 6.07) is 0. The van der Waals surface area contributed by atoms with Crippen molar-refractivity contribution in [2.24, 2.45) is 0 Å². The molecule has 1 aliphatic rings. The highest BCUT2D eigenvalue weighted by Crippen LogP contribution is 2.22. The second-order valence-electron chi connectivity index (χ2n) is 4.04. The van der Waals surface area contributed by atoms with Crippen molar-refractivity contribution in [2.45, 2.75) is 42.9 Å². The molecule has 0 aromatic carbocycles.